The van der Waals surface area contributed by atoms with Crippen LogP contribution < -0.4 is 10.2 Å². The highest BCUT2D eigenvalue weighted by Gasteiger charge is 2.58. The Kier molecular flexibility index (Phi) is 2.94. The van der Waals surface area contributed by atoms with E-state index in [4.69, 9.17) is 0 Å². The number of carbonyl (C=O) groups excluding carboxylic acids is 1. The quantitative estimate of drug-likeness (QED) is 0.923. The molecular formula is C14H20N4OS. The SMILES string of the molecule is O=C(NC1CCC1)[C@H]1CC12CCN(c1nncs1)CC2. The van der Waals surface area contributed by atoms with E-state index in [1.807, 2.05) is 0 Å². The van der Waals surface area contributed by atoms with Gasteiger partial charge in [-0.05, 0) is 43.9 Å². The van der Waals surface area contributed by atoms with Crippen LogP contribution in [0, 0.1) is 11.3 Å². The van der Waals surface area contributed by atoms with Gasteiger partial charge in [-0.25, -0.2) is 0 Å². The van der Waals surface area contributed by atoms with Gasteiger partial charge in [-0.15, -0.1) is 10.2 Å². The fourth-order valence-corrected chi connectivity index (χ4v) is 4.19. The van der Waals surface area contributed by atoms with Crippen molar-refractivity contribution in [3.8, 4) is 0 Å². The third-order valence-electron chi connectivity index (χ3n) is 5.34. The van der Waals surface area contributed by atoms with Crippen molar-refractivity contribution in [2.45, 2.75) is 44.6 Å². The molecule has 2 aliphatic carbocycles. The lowest BCUT2D eigenvalue weighted by Crippen LogP contribution is -2.42. The smallest absolute Gasteiger partial charge is 0.223 e. The maximum atomic E-state index is 12.2. The van der Waals surface area contributed by atoms with Gasteiger partial charge in [0, 0.05) is 25.0 Å². The summed E-state index contributed by atoms with van der Waals surface area (Å²) in [7, 11) is 0. The first-order chi connectivity index (χ1) is 9.77. The van der Waals surface area contributed by atoms with Gasteiger partial charge in [-0.1, -0.05) is 11.3 Å². The number of aromatic nitrogens is 2. The van der Waals surface area contributed by atoms with Crippen molar-refractivity contribution in [3.05, 3.63) is 5.51 Å². The Hall–Kier alpha value is -1.17. The summed E-state index contributed by atoms with van der Waals surface area (Å²) in [5, 5.41) is 12.3. The zero-order chi connectivity index (χ0) is 13.6. The van der Waals surface area contributed by atoms with E-state index in [9.17, 15) is 4.79 Å². The summed E-state index contributed by atoms with van der Waals surface area (Å²) >= 11 is 1.60. The van der Waals surface area contributed by atoms with Crippen LogP contribution in [0.2, 0.25) is 0 Å². The summed E-state index contributed by atoms with van der Waals surface area (Å²) in [6.45, 7) is 2.03. The second kappa shape index (κ2) is 4.69. The number of amides is 1. The molecule has 1 N–H and O–H groups in total. The first-order valence-corrected chi connectivity index (χ1v) is 8.46. The topological polar surface area (TPSA) is 58.1 Å². The van der Waals surface area contributed by atoms with E-state index >= 15 is 0 Å². The van der Waals surface area contributed by atoms with Gasteiger partial charge in [0.25, 0.3) is 0 Å². The maximum Gasteiger partial charge on any atom is 0.223 e. The number of hydrogen-bond acceptors (Lipinski definition) is 5. The van der Waals surface area contributed by atoms with Crippen molar-refractivity contribution in [3.63, 3.8) is 0 Å². The van der Waals surface area contributed by atoms with Crippen LogP contribution in [0.5, 0.6) is 0 Å². The molecule has 3 fully saturated rings. The largest absolute Gasteiger partial charge is 0.353 e. The molecule has 4 rings (SSSR count). The zero-order valence-corrected chi connectivity index (χ0v) is 12.4. The van der Waals surface area contributed by atoms with Crippen LogP contribution in [-0.4, -0.2) is 35.2 Å². The first-order valence-electron chi connectivity index (χ1n) is 7.58. The van der Waals surface area contributed by atoms with E-state index in [2.05, 4.69) is 20.4 Å². The molecule has 1 aromatic rings. The molecule has 0 aromatic carbocycles. The minimum atomic E-state index is 0.277. The van der Waals surface area contributed by atoms with E-state index in [0.717, 1.165) is 37.5 Å². The summed E-state index contributed by atoms with van der Waals surface area (Å²) in [6, 6.07) is 0.474. The number of carbonyl (C=O) groups is 1. The van der Waals surface area contributed by atoms with E-state index in [0.29, 0.717) is 17.4 Å². The van der Waals surface area contributed by atoms with E-state index in [1.165, 1.54) is 19.3 Å². The molecule has 5 nitrogen and oxygen atoms in total. The molecule has 0 radical (unpaired) electrons. The summed E-state index contributed by atoms with van der Waals surface area (Å²) in [5.74, 6) is 0.596. The third-order valence-corrected chi connectivity index (χ3v) is 6.09. The Labute approximate surface area is 122 Å². The van der Waals surface area contributed by atoms with Gasteiger partial charge in [-0.3, -0.25) is 4.79 Å². The molecule has 108 valence electrons. The average molecular weight is 292 g/mol. The molecule has 2 saturated carbocycles. The van der Waals surface area contributed by atoms with Crippen LogP contribution in [0.3, 0.4) is 0 Å². The van der Waals surface area contributed by atoms with Crippen molar-refractivity contribution >= 4 is 22.4 Å². The van der Waals surface area contributed by atoms with Crippen LogP contribution in [0.4, 0.5) is 5.13 Å². The molecule has 0 unspecified atom stereocenters. The van der Waals surface area contributed by atoms with Crippen molar-refractivity contribution in [1.29, 1.82) is 0 Å². The summed E-state index contributed by atoms with van der Waals surface area (Å²) in [4.78, 5) is 14.6. The minimum Gasteiger partial charge on any atom is -0.353 e. The summed E-state index contributed by atoms with van der Waals surface area (Å²) in [5.41, 5.74) is 2.08. The van der Waals surface area contributed by atoms with Crippen molar-refractivity contribution in [1.82, 2.24) is 15.5 Å². The standard InChI is InChI=1S/C14H20N4OS/c19-12(16-10-2-1-3-10)11-8-14(11)4-6-18(7-5-14)13-17-15-9-20-13/h9-11H,1-8H2,(H,16,19)/t11-/m1/s1. The minimum absolute atomic E-state index is 0.277. The van der Waals surface area contributed by atoms with Crippen molar-refractivity contribution in [2.24, 2.45) is 11.3 Å². The van der Waals surface area contributed by atoms with Crippen LogP contribution in [0.15, 0.2) is 5.51 Å². The highest BCUT2D eigenvalue weighted by atomic mass is 32.1. The molecule has 1 aliphatic heterocycles. The predicted octanol–water partition coefficient (Wildman–Crippen LogP) is 1.81. The molecular weight excluding hydrogens is 272 g/mol. The molecule has 2 heterocycles. The monoisotopic (exact) mass is 292 g/mol. The molecule has 20 heavy (non-hydrogen) atoms. The van der Waals surface area contributed by atoms with Crippen LogP contribution in [0.1, 0.15) is 38.5 Å². The zero-order valence-electron chi connectivity index (χ0n) is 11.5. The van der Waals surface area contributed by atoms with Gasteiger partial charge in [0.1, 0.15) is 5.51 Å². The summed E-state index contributed by atoms with van der Waals surface area (Å²) < 4.78 is 0. The fraction of sp³-hybridized carbons (Fsp3) is 0.786. The highest BCUT2D eigenvalue weighted by molar-refractivity contribution is 7.13. The molecule has 3 aliphatic rings. The Morgan fingerprint density at radius 2 is 2.20 bits per heavy atom. The first kappa shape index (κ1) is 12.6. The second-order valence-corrected chi connectivity index (χ2v) is 7.28. The average Bonchev–Trinajstić information content (AvgIpc) is 2.87. The number of nitrogens with one attached hydrogen (secondary N) is 1. The number of anilines is 1. The molecule has 1 spiro atoms. The van der Waals surface area contributed by atoms with Gasteiger partial charge in [0.15, 0.2) is 0 Å². The van der Waals surface area contributed by atoms with Crippen molar-refractivity contribution < 1.29 is 4.79 Å². The van der Waals surface area contributed by atoms with E-state index in [-0.39, 0.29) is 5.92 Å². The van der Waals surface area contributed by atoms with Crippen LogP contribution in [0.25, 0.3) is 0 Å². The van der Waals surface area contributed by atoms with E-state index in [1.54, 1.807) is 16.8 Å². The number of hydrogen-bond donors (Lipinski definition) is 1. The highest BCUT2D eigenvalue weighted by Crippen LogP contribution is 2.59. The molecule has 0 bridgehead atoms. The van der Waals surface area contributed by atoms with Crippen molar-refractivity contribution in [2.75, 3.05) is 18.0 Å². The van der Waals surface area contributed by atoms with Crippen LogP contribution >= 0.6 is 11.3 Å². The molecule has 1 saturated heterocycles. The molecule has 6 heteroatoms. The third kappa shape index (κ3) is 2.10. The molecule has 1 aromatic heterocycles. The van der Waals surface area contributed by atoms with Gasteiger partial charge >= 0.3 is 0 Å². The van der Waals surface area contributed by atoms with Gasteiger partial charge < -0.3 is 10.2 Å². The Morgan fingerprint density at radius 3 is 2.80 bits per heavy atom. The van der Waals surface area contributed by atoms with Crippen LogP contribution in [-0.2, 0) is 4.79 Å². The lowest BCUT2D eigenvalue weighted by molar-refractivity contribution is -0.124. The molecule has 1 amide bonds. The van der Waals surface area contributed by atoms with Gasteiger partial charge in [0.05, 0.1) is 0 Å². The Bertz CT molecular complexity index is 491. The second-order valence-electron chi connectivity index (χ2n) is 6.46. The van der Waals surface area contributed by atoms with E-state index < -0.39 is 0 Å². The Morgan fingerprint density at radius 1 is 1.40 bits per heavy atom. The Balaban J connectivity index is 1.32. The number of nitrogens with zero attached hydrogens (tertiary/aromatic N) is 3. The lowest BCUT2D eigenvalue weighted by atomic mass is 9.89. The lowest BCUT2D eigenvalue weighted by Gasteiger charge is -2.32. The fourth-order valence-electron chi connectivity index (χ4n) is 3.57. The summed E-state index contributed by atoms with van der Waals surface area (Å²) in [6.07, 6.45) is 6.96. The number of rotatable bonds is 3. The maximum absolute atomic E-state index is 12.2. The van der Waals surface area contributed by atoms with Gasteiger partial charge in [0.2, 0.25) is 11.0 Å². The van der Waals surface area contributed by atoms with Gasteiger partial charge in [-0.2, -0.15) is 0 Å². The normalized spacial score (nSPS) is 28.2. The number of piperidine rings is 1. The molecule has 1 atom stereocenters. The predicted molar refractivity (Wildman–Crippen MR) is 77.7 cm³/mol.